The molecule has 0 atom stereocenters. The fraction of sp³-hybridized carbons (Fsp3) is 0.0714. The third-order valence-corrected chi connectivity index (χ3v) is 4.08. The second-order valence-corrected chi connectivity index (χ2v) is 5.91. The van der Waals surface area contributed by atoms with E-state index in [1.807, 2.05) is 6.07 Å². The number of benzene rings is 2. The SMILES string of the molecule is COc1cc(Nc2ccc(N)c(C(=O)O)c2)c(Br)cc1Br. The molecule has 2 rings (SSSR count). The van der Waals surface area contributed by atoms with Crippen LogP contribution in [-0.4, -0.2) is 18.2 Å². The summed E-state index contributed by atoms with van der Waals surface area (Å²) in [5.41, 5.74) is 7.28. The molecule has 0 aliphatic heterocycles. The van der Waals surface area contributed by atoms with Crippen LogP contribution >= 0.6 is 31.9 Å². The van der Waals surface area contributed by atoms with Gasteiger partial charge in [-0.2, -0.15) is 0 Å². The Kier molecular flexibility index (Phi) is 4.74. The van der Waals surface area contributed by atoms with Crippen LogP contribution in [0.2, 0.25) is 0 Å². The van der Waals surface area contributed by atoms with Crippen LogP contribution < -0.4 is 15.8 Å². The van der Waals surface area contributed by atoms with E-state index in [-0.39, 0.29) is 11.3 Å². The number of anilines is 3. The number of methoxy groups -OCH3 is 1. The molecule has 0 aromatic heterocycles. The number of aromatic carboxylic acids is 1. The van der Waals surface area contributed by atoms with Crippen molar-refractivity contribution in [2.75, 3.05) is 18.2 Å². The maximum atomic E-state index is 11.1. The van der Waals surface area contributed by atoms with Crippen LogP contribution in [0.4, 0.5) is 17.1 Å². The maximum absolute atomic E-state index is 11.1. The van der Waals surface area contributed by atoms with Crippen molar-refractivity contribution in [3.05, 3.63) is 44.8 Å². The smallest absolute Gasteiger partial charge is 0.337 e. The lowest BCUT2D eigenvalue weighted by molar-refractivity contribution is 0.0698. The normalized spacial score (nSPS) is 10.2. The lowest BCUT2D eigenvalue weighted by atomic mass is 10.1. The summed E-state index contributed by atoms with van der Waals surface area (Å²) in [7, 11) is 1.57. The van der Waals surface area contributed by atoms with Crippen molar-refractivity contribution in [2.24, 2.45) is 0 Å². The molecule has 5 nitrogen and oxygen atoms in total. The van der Waals surface area contributed by atoms with Gasteiger partial charge in [0.1, 0.15) is 5.75 Å². The summed E-state index contributed by atoms with van der Waals surface area (Å²) in [6.45, 7) is 0. The van der Waals surface area contributed by atoms with Crippen LogP contribution in [0, 0.1) is 0 Å². The summed E-state index contributed by atoms with van der Waals surface area (Å²) in [6, 6.07) is 8.39. The van der Waals surface area contributed by atoms with Gasteiger partial charge in [-0.05, 0) is 56.1 Å². The van der Waals surface area contributed by atoms with Crippen molar-refractivity contribution < 1.29 is 14.6 Å². The van der Waals surface area contributed by atoms with Gasteiger partial charge in [-0.1, -0.05) is 0 Å². The molecule has 2 aromatic carbocycles. The van der Waals surface area contributed by atoms with Gasteiger partial charge in [-0.25, -0.2) is 4.79 Å². The Balaban J connectivity index is 2.38. The molecule has 0 radical (unpaired) electrons. The summed E-state index contributed by atoms with van der Waals surface area (Å²) in [5, 5.41) is 12.2. The number of hydrogen-bond acceptors (Lipinski definition) is 4. The quantitative estimate of drug-likeness (QED) is 0.650. The van der Waals surface area contributed by atoms with Crippen LogP contribution in [-0.2, 0) is 0 Å². The summed E-state index contributed by atoms with van der Waals surface area (Å²) < 4.78 is 6.86. The molecule has 0 aliphatic rings. The Morgan fingerprint density at radius 3 is 2.57 bits per heavy atom. The summed E-state index contributed by atoms with van der Waals surface area (Å²) in [6.07, 6.45) is 0. The first-order valence-corrected chi connectivity index (χ1v) is 7.44. The van der Waals surface area contributed by atoms with E-state index in [1.54, 1.807) is 25.3 Å². The summed E-state index contributed by atoms with van der Waals surface area (Å²) in [4.78, 5) is 11.1. The van der Waals surface area contributed by atoms with Gasteiger partial charge in [0.2, 0.25) is 0 Å². The van der Waals surface area contributed by atoms with Crippen LogP contribution in [0.5, 0.6) is 5.75 Å². The molecule has 0 bridgehead atoms. The number of nitrogens with one attached hydrogen (secondary N) is 1. The van der Waals surface area contributed by atoms with Gasteiger partial charge in [0, 0.05) is 21.9 Å². The number of halogens is 2. The molecule has 0 heterocycles. The van der Waals surface area contributed by atoms with Gasteiger partial charge in [0.15, 0.2) is 0 Å². The zero-order chi connectivity index (χ0) is 15.6. The monoisotopic (exact) mass is 414 g/mol. The first-order valence-electron chi connectivity index (χ1n) is 5.85. The highest BCUT2D eigenvalue weighted by Crippen LogP contribution is 2.36. The Bertz CT molecular complexity index is 705. The highest BCUT2D eigenvalue weighted by molar-refractivity contribution is 9.11. The van der Waals surface area contributed by atoms with Crippen molar-refractivity contribution in [3.63, 3.8) is 0 Å². The van der Waals surface area contributed by atoms with Crippen molar-refractivity contribution >= 4 is 54.9 Å². The molecule has 2 aromatic rings. The molecule has 110 valence electrons. The Morgan fingerprint density at radius 1 is 1.24 bits per heavy atom. The van der Waals surface area contributed by atoms with Crippen LogP contribution in [0.1, 0.15) is 10.4 Å². The summed E-state index contributed by atoms with van der Waals surface area (Å²) >= 11 is 6.83. The number of carbonyl (C=O) groups is 1. The fourth-order valence-corrected chi connectivity index (χ4v) is 3.01. The fourth-order valence-electron chi connectivity index (χ4n) is 1.76. The Hall–Kier alpha value is -1.73. The van der Waals surface area contributed by atoms with E-state index in [4.69, 9.17) is 15.6 Å². The number of carboxylic acid groups (broad SMARTS) is 1. The van der Waals surface area contributed by atoms with Crippen molar-refractivity contribution in [2.45, 2.75) is 0 Å². The van der Waals surface area contributed by atoms with Crippen molar-refractivity contribution in [3.8, 4) is 5.75 Å². The number of rotatable bonds is 4. The zero-order valence-corrected chi connectivity index (χ0v) is 14.2. The molecule has 0 amide bonds. The second-order valence-electron chi connectivity index (χ2n) is 4.20. The van der Waals surface area contributed by atoms with E-state index in [1.165, 1.54) is 6.07 Å². The summed E-state index contributed by atoms with van der Waals surface area (Å²) in [5.74, 6) is -0.404. The number of carboxylic acids is 1. The Morgan fingerprint density at radius 2 is 1.95 bits per heavy atom. The highest BCUT2D eigenvalue weighted by atomic mass is 79.9. The highest BCUT2D eigenvalue weighted by Gasteiger charge is 2.11. The van der Waals surface area contributed by atoms with E-state index in [0.717, 1.165) is 14.6 Å². The van der Waals surface area contributed by atoms with E-state index in [9.17, 15) is 4.79 Å². The van der Waals surface area contributed by atoms with E-state index >= 15 is 0 Å². The minimum absolute atomic E-state index is 0.0557. The predicted molar refractivity (Wildman–Crippen MR) is 89.5 cm³/mol. The molecule has 0 saturated heterocycles. The first-order chi connectivity index (χ1) is 9.92. The molecule has 21 heavy (non-hydrogen) atoms. The maximum Gasteiger partial charge on any atom is 0.337 e. The van der Waals surface area contributed by atoms with Gasteiger partial charge in [-0.3, -0.25) is 0 Å². The molecule has 0 aliphatic carbocycles. The topological polar surface area (TPSA) is 84.6 Å². The van der Waals surface area contributed by atoms with Crippen LogP contribution in [0.3, 0.4) is 0 Å². The molecule has 0 spiro atoms. The predicted octanol–water partition coefficient (Wildman–Crippen LogP) is 4.24. The molecule has 7 heteroatoms. The molecule has 0 saturated carbocycles. The van der Waals surface area contributed by atoms with Gasteiger partial charge < -0.3 is 20.9 Å². The number of nitrogens with two attached hydrogens (primary N) is 1. The van der Waals surface area contributed by atoms with Gasteiger partial charge in [0.25, 0.3) is 0 Å². The average molecular weight is 416 g/mol. The standard InChI is InChI=1S/C14H12Br2N2O3/c1-21-13-6-12(9(15)5-10(13)16)18-7-2-3-11(17)8(4-7)14(19)20/h2-6,18H,17H2,1H3,(H,19,20). The van der Waals surface area contributed by atoms with Gasteiger partial charge in [-0.15, -0.1) is 0 Å². The third-order valence-electron chi connectivity index (χ3n) is 2.80. The Labute approximate surface area is 138 Å². The third kappa shape index (κ3) is 3.48. The van der Waals surface area contributed by atoms with Gasteiger partial charge in [0.05, 0.1) is 22.8 Å². The number of nitrogen functional groups attached to an aromatic ring is 1. The zero-order valence-electron chi connectivity index (χ0n) is 11.0. The van der Waals surface area contributed by atoms with Crippen molar-refractivity contribution in [1.29, 1.82) is 0 Å². The van der Waals surface area contributed by atoms with E-state index < -0.39 is 5.97 Å². The average Bonchev–Trinajstić information content (AvgIpc) is 2.43. The number of ether oxygens (including phenoxy) is 1. The number of hydrogen-bond donors (Lipinski definition) is 3. The lowest BCUT2D eigenvalue weighted by Gasteiger charge is -2.13. The van der Waals surface area contributed by atoms with E-state index in [2.05, 4.69) is 37.2 Å². The van der Waals surface area contributed by atoms with E-state index in [0.29, 0.717) is 11.4 Å². The molecule has 0 fully saturated rings. The largest absolute Gasteiger partial charge is 0.495 e. The molecular weight excluding hydrogens is 404 g/mol. The van der Waals surface area contributed by atoms with Gasteiger partial charge >= 0.3 is 5.97 Å². The minimum Gasteiger partial charge on any atom is -0.495 e. The molecule has 4 N–H and O–H groups in total. The van der Waals surface area contributed by atoms with Crippen LogP contribution in [0.15, 0.2) is 39.3 Å². The van der Waals surface area contributed by atoms with Crippen LogP contribution in [0.25, 0.3) is 0 Å². The first kappa shape index (κ1) is 15.7. The van der Waals surface area contributed by atoms with Crippen molar-refractivity contribution in [1.82, 2.24) is 0 Å². The molecular formula is C14H12Br2N2O3. The lowest BCUT2D eigenvalue weighted by Crippen LogP contribution is -2.03. The minimum atomic E-state index is -1.07. The second kappa shape index (κ2) is 6.36. The molecule has 0 unspecified atom stereocenters.